The average molecular weight is 294 g/mol. The van der Waals surface area contributed by atoms with Crippen LogP contribution in [0.15, 0.2) is 0 Å². The van der Waals surface area contributed by atoms with Crippen LogP contribution >= 0.6 is 0 Å². The monoisotopic (exact) mass is 294 g/mol. The van der Waals surface area contributed by atoms with Gasteiger partial charge in [-0.05, 0) is 57.8 Å². The Bertz CT molecular complexity index is 456. The summed E-state index contributed by atoms with van der Waals surface area (Å²) >= 11 is 0. The van der Waals surface area contributed by atoms with Gasteiger partial charge in [0.2, 0.25) is 0 Å². The maximum absolute atomic E-state index is 12.3. The Kier molecular flexibility index (Phi) is 3.53. The number of ether oxygens (including phenoxy) is 2. The van der Waals surface area contributed by atoms with Gasteiger partial charge >= 0.3 is 11.9 Å². The van der Waals surface area contributed by atoms with Gasteiger partial charge in [-0.3, -0.25) is 9.59 Å². The first-order valence-electron chi connectivity index (χ1n) is 8.23. The summed E-state index contributed by atoms with van der Waals surface area (Å²) in [6.07, 6.45) is 5.55. The summed E-state index contributed by atoms with van der Waals surface area (Å²) in [5, 5.41) is 0. The molecule has 1 aliphatic heterocycles. The van der Waals surface area contributed by atoms with Gasteiger partial charge < -0.3 is 9.47 Å². The van der Waals surface area contributed by atoms with Crippen molar-refractivity contribution in [1.82, 2.24) is 0 Å². The Labute approximate surface area is 126 Å². The molecule has 4 unspecified atom stereocenters. The van der Waals surface area contributed by atoms with E-state index in [9.17, 15) is 9.59 Å². The maximum Gasteiger partial charge on any atom is 0.311 e. The fourth-order valence-electron chi connectivity index (χ4n) is 4.26. The fourth-order valence-corrected chi connectivity index (χ4v) is 4.26. The third-order valence-electron chi connectivity index (χ3n) is 6.18. The van der Waals surface area contributed by atoms with Crippen molar-refractivity contribution in [2.45, 2.75) is 65.4 Å². The molecule has 4 rings (SSSR count). The zero-order valence-corrected chi connectivity index (χ0v) is 13.3. The average Bonchev–Trinajstić information content (AvgIpc) is 2.81. The number of esters is 2. The number of cyclic esters (lactones) is 1. The van der Waals surface area contributed by atoms with Gasteiger partial charge in [-0.1, -0.05) is 6.92 Å². The highest BCUT2D eigenvalue weighted by Crippen LogP contribution is 2.57. The van der Waals surface area contributed by atoms with E-state index in [-0.39, 0.29) is 23.5 Å². The molecular formula is C17H26O4. The lowest BCUT2D eigenvalue weighted by molar-refractivity contribution is -0.175. The third-order valence-corrected chi connectivity index (χ3v) is 6.18. The van der Waals surface area contributed by atoms with Gasteiger partial charge in [-0.2, -0.15) is 0 Å². The van der Waals surface area contributed by atoms with Crippen LogP contribution in [0.1, 0.15) is 59.3 Å². The minimum absolute atomic E-state index is 0.0448. The topological polar surface area (TPSA) is 52.6 Å². The molecule has 21 heavy (non-hydrogen) atoms. The van der Waals surface area contributed by atoms with Crippen LogP contribution < -0.4 is 0 Å². The Hall–Kier alpha value is -1.06. The molecule has 2 bridgehead atoms. The minimum Gasteiger partial charge on any atom is -0.465 e. The fraction of sp³-hybridized carbons (Fsp3) is 0.882. The van der Waals surface area contributed by atoms with Crippen LogP contribution in [0, 0.1) is 22.7 Å². The van der Waals surface area contributed by atoms with Crippen LogP contribution in [0.3, 0.4) is 0 Å². The standard InChI is InChI=1S/C17H26O4/c1-4-16(2,3)15(19)21-13-7-12-6-5-11(13)8-17(12)9-14(18)20-10-17/h11-13H,4-10H2,1-3H3. The Morgan fingerprint density at radius 1 is 1.43 bits per heavy atom. The summed E-state index contributed by atoms with van der Waals surface area (Å²) in [7, 11) is 0. The van der Waals surface area contributed by atoms with E-state index in [1.807, 2.05) is 20.8 Å². The molecule has 0 aromatic carbocycles. The van der Waals surface area contributed by atoms with Crippen molar-refractivity contribution in [2.24, 2.45) is 22.7 Å². The van der Waals surface area contributed by atoms with Crippen molar-refractivity contribution in [3.63, 3.8) is 0 Å². The van der Waals surface area contributed by atoms with Gasteiger partial charge in [0.1, 0.15) is 6.10 Å². The maximum atomic E-state index is 12.3. The van der Waals surface area contributed by atoms with Crippen LogP contribution in [0.2, 0.25) is 0 Å². The Balaban J connectivity index is 1.67. The van der Waals surface area contributed by atoms with Gasteiger partial charge in [0, 0.05) is 5.41 Å². The summed E-state index contributed by atoms with van der Waals surface area (Å²) in [6, 6.07) is 0. The molecule has 0 N–H and O–H groups in total. The first-order valence-corrected chi connectivity index (χ1v) is 8.23. The summed E-state index contributed by atoms with van der Waals surface area (Å²) in [4.78, 5) is 23.8. The molecule has 118 valence electrons. The molecule has 4 nitrogen and oxygen atoms in total. The van der Waals surface area contributed by atoms with Crippen LogP contribution in [0.4, 0.5) is 0 Å². The molecule has 0 amide bonds. The van der Waals surface area contributed by atoms with Crippen LogP contribution in [-0.2, 0) is 19.1 Å². The Morgan fingerprint density at radius 2 is 2.19 bits per heavy atom. The normalized spacial score (nSPS) is 38.6. The summed E-state index contributed by atoms with van der Waals surface area (Å²) in [5.41, 5.74) is -0.357. The molecule has 1 spiro atoms. The first kappa shape index (κ1) is 14.9. The number of carbonyl (C=O) groups excluding carboxylic acids is 2. The lowest BCUT2D eigenvalue weighted by Crippen LogP contribution is -2.50. The number of hydrogen-bond donors (Lipinski definition) is 0. The molecule has 4 aliphatic rings. The van der Waals surface area contributed by atoms with Crippen molar-refractivity contribution in [3.8, 4) is 0 Å². The van der Waals surface area contributed by atoms with Gasteiger partial charge in [0.15, 0.2) is 0 Å². The summed E-state index contributed by atoms with van der Waals surface area (Å²) in [6.45, 7) is 6.49. The van der Waals surface area contributed by atoms with Gasteiger partial charge in [0.05, 0.1) is 18.4 Å². The van der Waals surface area contributed by atoms with Gasteiger partial charge in [-0.25, -0.2) is 0 Å². The van der Waals surface area contributed by atoms with Crippen molar-refractivity contribution >= 4 is 11.9 Å². The van der Waals surface area contributed by atoms with Crippen LogP contribution in [0.25, 0.3) is 0 Å². The van der Waals surface area contributed by atoms with Crippen molar-refractivity contribution in [2.75, 3.05) is 6.61 Å². The highest BCUT2D eigenvalue weighted by atomic mass is 16.5. The highest BCUT2D eigenvalue weighted by Gasteiger charge is 2.56. The number of rotatable bonds is 3. The molecule has 1 heterocycles. The van der Waals surface area contributed by atoms with E-state index < -0.39 is 5.41 Å². The van der Waals surface area contributed by atoms with Gasteiger partial charge in [0.25, 0.3) is 0 Å². The molecule has 3 aliphatic carbocycles. The van der Waals surface area contributed by atoms with E-state index >= 15 is 0 Å². The quantitative estimate of drug-likeness (QED) is 0.751. The molecule has 0 aromatic heterocycles. The number of hydrogen-bond acceptors (Lipinski definition) is 4. The summed E-state index contributed by atoms with van der Waals surface area (Å²) in [5.74, 6) is 0.746. The Morgan fingerprint density at radius 3 is 2.71 bits per heavy atom. The third kappa shape index (κ3) is 2.47. The number of carbonyl (C=O) groups is 2. The smallest absolute Gasteiger partial charge is 0.311 e. The zero-order chi connectivity index (χ0) is 15.3. The molecule has 0 radical (unpaired) electrons. The largest absolute Gasteiger partial charge is 0.465 e. The van der Waals surface area contributed by atoms with Crippen LogP contribution in [0.5, 0.6) is 0 Å². The number of fused-ring (bicyclic) bond motifs is 2. The molecule has 1 saturated heterocycles. The second-order valence-corrected chi connectivity index (χ2v) is 7.86. The van der Waals surface area contributed by atoms with E-state index in [0.29, 0.717) is 24.9 Å². The van der Waals surface area contributed by atoms with Gasteiger partial charge in [-0.15, -0.1) is 0 Å². The van der Waals surface area contributed by atoms with E-state index in [1.54, 1.807) is 0 Å². The molecule has 3 saturated carbocycles. The van der Waals surface area contributed by atoms with E-state index in [2.05, 4.69) is 0 Å². The van der Waals surface area contributed by atoms with E-state index in [0.717, 1.165) is 32.1 Å². The molecule has 4 heteroatoms. The SMILES string of the molecule is CCC(C)(C)C(=O)OC1CC2CCC1CC21COC(=O)C1. The molecule has 4 fully saturated rings. The summed E-state index contributed by atoms with van der Waals surface area (Å²) < 4.78 is 11.1. The second kappa shape index (κ2) is 4.99. The van der Waals surface area contributed by atoms with Crippen molar-refractivity contribution < 1.29 is 19.1 Å². The minimum atomic E-state index is -0.402. The van der Waals surface area contributed by atoms with Crippen molar-refractivity contribution in [1.29, 1.82) is 0 Å². The molecular weight excluding hydrogens is 268 g/mol. The lowest BCUT2D eigenvalue weighted by Gasteiger charge is -2.51. The predicted molar refractivity (Wildman–Crippen MR) is 77.4 cm³/mol. The second-order valence-electron chi connectivity index (χ2n) is 7.86. The molecule has 0 aromatic rings. The lowest BCUT2D eigenvalue weighted by atomic mass is 9.54. The first-order chi connectivity index (χ1) is 9.86. The van der Waals surface area contributed by atoms with E-state index in [4.69, 9.17) is 9.47 Å². The predicted octanol–water partition coefficient (Wildman–Crippen LogP) is 3.09. The van der Waals surface area contributed by atoms with Crippen molar-refractivity contribution in [3.05, 3.63) is 0 Å². The highest BCUT2D eigenvalue weighted by molar-refractivity contribution is 5.76. The van der Waals surface area contributed by atoms with E-state index in [1.165, 1.54) is 0 Å². The zero-order valence-electron chi connectivity index (χ0n) is 13.3. The van der Waals surface area contributed by atoms with Crippen LogP contribution in [-0.4, -0.2) is 24.6 Å². The molecule has 4 atom stereocenters.